The van der Waals surface area contributed by atoms with E-state index in [-0.39, 0.29) is 16.9 Å². The molecule has 0 aliphatic carbocycles. The molecule has 0 radical (unpaired) electrons. The molecule has 22 nitrogen and oxygen atoms in total. The molecule has 3 rings (SSSR count). The van der Waals surface area contributed by atoms with E-state index in [9.17, 15) is 61.5 Å². The fourth-order valence-corrected chi connectivity index (χ4v) is 7.74. The number of nitrogen functional groups attached to an aromatic ring is 1. The van der Waals surface area contributed by atoms with Crippen molar-refractivity contribution in [1.82, 2.24) is 14.9 Å². The lowest BCUT2D eigenvalue weighted by Crippen LogP contribution is -2.40. The summed E-state index contributed by atoms with van der Waals surface area (Å²) in [6.45, 7) is 2.74. The van der Waals surface area contributed by atoms with Gasteiger partial charge in [-0.05, 0) is 25.0 Å². The fraction of sp³-hybridized carbons (Fsp3) is 0.480. The van der Waals surface area contributed by atoms with Crippen LogP contribution in [0, 0.1) is 27.9 Å². The maximum absolute atomic E-state index is 13.0. The van der Waals surface area contributed by atoms with Gasteiger partial charge in [0.25, 0.3) is 5.69 Å². The van der Waals surface area contributed by atoms with Gasteiger partial charge in [0, 0.05) is 18.1 Å². The highest BCUT2D eigenvalue weighted by molar-refractivity contribution is 7.66. The fourth-order valence-electron chi connectivity index (χ4n) is 4.71. The zero-order valence-electron chi connectivity index (χ0n) is 27.3. The van der Waals surface area contributed by atoms with Crippen molar-refractivity contribution in [3.8, 4) is 17.6 Å². The van der Waals surface area contributed by atoms with Crippen LogP contribution in [-0.4, -0.2) is 76.6 Å². The first kappa shape index (κ1) is 43.7. The van der Waals surface area contributed by atoms with Crippen molar-refractivity contribution in [3.05, 3.63) is 56.1 Å². The molecule has 28 heteroatoms. The molecular weight excluding hydrogens is 792 g/mol. The Morgan fingerprint density at radius 3 is 2.43 bits per heavy atom. The van der Waals surface area contributed by atoms with Crippen LogP contribution in [0.15, 0.2) is 29.2 Å². The number of carbonyl (C=O) groups excluding carboxylic acids is 1. The van der Waals surface area contributed by atoms with Crippen molar-refractivity contribution in [2.75, 3.05) is 18.9 Å². The zero-order chi connectivity index (χ0) is 40.3. The number of phosphoric acid groups is 3. The Labute approximate surface area is 295 Å². The Bertz CT molecular complexity index is 2000. The number of aliphatic hydroxyl groups excluding tert-OH is 1. The number of amides is 1. The summed E-state index contributed by atoms with van der Waals surface area (Å²) < 4.78 is 95.9. The van der Waals surface area contributed by atoms with Crippen molar-refractivity contribution in [3.63, 3.8) is 0 Å². The molecular formula is C25H31F3N5O17P3. The van der Waals surface area contributed by atoms with Crippen molar-refractivity contribution in [2.45, 2.75) is 57.4 Å². The van der Waals surface area contributed by atoms with Crippen molar-refractivity contribution in [2.24, 2.45) is 5.92 Å². The average Bonchev–Trinajstić information content (AvgIpc) is 3.28. The molecule has 2 unspecified atom stereocenters. The Kier molecular flexibility index (Phi) is 13.4. The number of nitrogens with one attached hydrogen (secondary N) is 1. The predicted octanol–water partition coefficient (Wildman–Crippen LogP) is 1.71. The van der Waals surface area contributed by atoms with Gasteiger partial charge in [0.2, 0.25) is 0 Å². The van der Waals surface area contributed by atoms with E-state index >= 15 is 0 Å². The summed E-state index contributed by atoms with van der Waals surface area (Å²) in [6, 6.07) is 3.59. The number of nitro benzene ring substituents is 1. The van der Waals surface area contributed by atoms with Crippen molar-refractivity contribution < 1.29 is 83.9 Å². The average molecular weight is 823 g/mol. The summed E-state index contributed by atoms with van der Waals surface area (Å²) in [7, 11) is -17.1. The Balaban J connectivity index is 1.85. The van der Waals surface area contributed by atoms with E-state index in [0.717, 1.165) is 16.8 Å². The molecule has 1 aliphatic heterocycles. The van der Waals surface area contributed by atoms with Crippen LogP contribution >= 0.6 is 23.5 Å². The van der Waals surface area contributed by atoms with Gasteiger partial charge >= 0.3 is 41.2 Å². The molecule has 2 heterocycles. The number of benzene rings is 1. The number of anilines is 1. The first-order valence-corrected chi connectivity index (χ1v) is 19.0. The highest BCUT2D eigenvalue weighted by atomic mass is 31.3. The molecule has 1 aromatic heterocycles. The van der Waals surface area contributed by atoms with E-state index in [1.165, 1.54) is 24.4 Å². The van der Waals surface area contributed by atoms with Gasteiger partial charge in [-0.3, -0.25) is 24.0 Å². The van der Waals surface area contributed by atoms with Crippen LogP contribution in [-0.2, 0) is 42.1 Å². The second kappa shape index (κ2) is 16.3. The van der Waals surface area contributed by atoms with Gasteiger partial charge < -0.3 is 45.2 Å². The molecule has 6 atom stereocenters. The van der Waals surface area contributed by atoms with Gasteiger partial charge in [-0.1, -0.05) is 25.7 Å². The minimum atomic E-state index is -5.84. The standard InChI is InChI=1S/C25H31F3N5O17P3/c1-13(2)20(15-7-6-14(9-16(15)33(37)38)5-4-8-30-22(35)25(26,27)28)47-18-11-32(23(36)31-21(18)29)24(3)10-17(34)19(48-24)12-46-52(42,43)50-53(44,45)49-51(39,40)41/h6-7,9,11,13,17,19-20,34H,8,10,12H2,1-3H3,(H,30,35)(H,42,43)(H,44,45)(H2,29,31,36)(H2,39,40,41)/t17-,19+,20+,24+/m0/s1. The molecule has 8 N–H and O–H groups in total. The largest absolute Gasteiger partial charge is 0.490 e. The summed E-state index contributed by atoms with van der Waals surface area (Å²) in [6.07, 6.45) is -8.82. The summed E-state index contributed by atoms with van der Waals surface area (Å²) in [4.78, 5) is 75.2. The second-order valence-electron chi connectivity index (χ2n) is 11.4. The van der Waals surface area contributed by atoms with E-state index in [4.69, 9.17) is 25.0 Å². The number of carbonyl (C=O) groups is 1. The second-order valence-corrected chi connectivity index (χ2v) is 15.8. The SMILES string of the molecule is CC(C)[C@@H](Oc1cn([C@@]2(C)C[C@H](O)[C@@H](COP(=O)(O)OP(=O)(O)OP(=O)(O)O)O2)c(=O)nc1N)c1ccc(C#CCNC(=O)C(F)(F)F)cc1[N+](=O)[O-]. The van der Waals surface area contributed by atoms with E-state index in [0.29, 0.717) is 0 Å². The van der Waals surface area contributed by atoms with Gasteiger partial charge in [0.05, 0.1) is 35.9 Å². The number of nitrogens with two attached hydrogens (primary N) is 1. The van der Waals surface area contributed by atoms with Crippen LogP contribution < -0.4 is 21.5 Å². The zero-order valence-corrected chi connectivity index (χ0v) is 30.0. The van der Waals surface area contributed by atoms with Crippen LogP contribution in [0.1, 0.15) is 44.4 Å². The normalized spacial score (nSPS) is 21.9. The third-order valence-corrected chi connectivity index (χ3v) is 10.7. The number of halogens is 3. The molecule has 1 aromatic carbocycles. The van der Waals surface area contributed by atoms with Gasteiger partial charge in [-0.15, -0.1) is 0 Å². The Morgan fingerprint density at radius 1 is 1.23 bits per heavy atom. The van der Waals surface area contributed by atoms with Crippen LogP contribution in [0.25, 0.3) is 0 Å². The minimum Gasteiger partial charge on any atom is -0.480 e. The van der Waals surface area contributed by atoms with Crippen molar-refractivity contribution >= 4 is 40.9 Å². The number of aromatic nitrogens is 2. The van der Waals surface area contributed by atoms with Crippen LogP contribution in [0.2, 0.25) is 0 Å². The van der Waals surface area contributed by atoms with Gasteiger partial charge in [-0.2, -0.15) is 26.8 Å². The van der Waals surface area contributed by atoms with Crippen LogP contribution in [0.3, 0.4) is 0 Å². The Morgan fingerprint density at radius 2 is 1.87 bits per heavy atom. The van der Waals surface area contributed by atoms with E-state index < -0.39 is 107 Å². The maximum Gasteiger partial charge on any atom is 0.490 e. The highest BCUT2D eigenvalue weighted by Crippen LogP contribution is 2.66. The number of nitrogens with zero attached hydrogens (tertiary/aromatic N) is 3. The third kappa shape index (κ3) is 12.1. The van der Waals surface area contributed by atoms with Crippen LogP contribution in [0.5, 0.6) is 5.75 Å². The summed E-state index contributed by atoms with van der Waals surface area (Å²) in [5.74, 6) is 1.12. The molecule has 0 spiro atoms. The summed E-state index contributed by atoms with van der Waals surface area (Å²) in [5.41, 5.74) is 2.53. The summed E-state index contributed by atoms with van der Waals surface area (Å²) in [5, 5.41) is 24.2. The molecule has 1 amide bonds. The Hall–Kier alpha value is -3.75. The maximum atomic E-state index is 13.0. The molecule has 2 aromatic rings. The lowest BCUT2D eigenvalue weighted by Gasteiger charge is -2.29. The molecule has 0 saturated carbocycles. The lowest BCUT2D eigenvalue weighted by molar-refractivity contribution is -0.386. The molecule has 53 heavy (non-hydrogen) atoms. The van der Waals surface area contributed by atoms with E-state index in [2.05, 4.69) is 30.0 Å². The summed E-state index contributed by atoms with van der Waals surface area (Å²) >= 11 is 0. The highest BCUT2D eigenvalue weighted by Gasteiger charge is 2.47. The first-order chi connectivity index (χ1) is 24.1. The van der Waals surface area contributed by atoms with E-state index in [1.54, 1.807) is 13.8 Å². The molecule has 1 aliphatic rings. The number of ether oxygens (including phenoxy) is 2. The lowest BCUT2D eigenvalue weighted by atomic mass is 9.96. The smallest absolute Gasteiger partial charge is 0.480 e. The quantitative estimate of drug-likeness (QED) is 0.0617. The number of aliphatic hydroxyl groups is 1. The monoisotopic (exact) mass is 823 g/mol. The first-order valence-electron chi connectivity index (χ1n) is 14.5. The number of hydrogen-bond acceptors (Lipinski definition) is 15. The number of hydrogen-bond donors (Lipinski definition) is 7. The van der Waals surface area contributed by atoms with E-state index in [1.807, 2.05) is 0 Å². The number of nitro groups is 1. The third-order valence-electron chi connectivity index (χ3n) is 6.89. The van der Waals surface area contributed by atoms with Gasteiger partial charge in [0.1, 0.15) is 17.9 Å². The van der Waals surface area contributed by atoms with Crippen LogP contribution in [0.4, 0.5) is 24.7 Å². The minimum absolute atomic E-state index is 0.00583. The predicted molar refractivity (Wildman–Crippen MR) is 169 cm³/mol. The number of phosphoric ester groups is 1. The molecule has 0 bridgehead atoms. The number of rotatable bonds is 14. The molecule has 1 fully saturated rings. The van der Waals surface area contributed by atoms with Gasteiger partial charge in [0.15, 0.2) is 11.6 Å². The van der Waals surface area contributed by atoms with Gasteiger partial charge in [-0.25, -0.2) is 18.5 Å². The topological polar surface area (TPSA) is 332 Å². The molecule has 294 valence electrons. The number of alkyl halides is 3. The molecule has 1 saturated heterocycles. The van der Waals surface area contributed by atoms with Crippen molar-refractivity contribution in [1.29, 1.82) is 0 Å².